The van der Waals surface area contributed by atoms with Gasteiger partial charge in [0.05, 0.1) is 5.69 Å². The van der Waals surface area contributed by atoms with E-state index in [4.69, 9.17) is 0 Å². The van der Waals surface area contributed by atoms with Crippen LogP contribution >= 0.6 is 0 Å². The third-order valence-corrected chi connectivity index (χ3v) is 5.52. The van der Waals surface area contributed by atoms with Gasteiger partial charge in [0.1, 0.15) is 0 Å². The monoisotopic (exact) mass is 351 g/mol. The molecule has 0 N–H and O–H groups in total. The quantitative estimate of drug-likeness (QED) is 0.851. The summed E-state index contributed by atoms with van der Waals surface area (Å²) in [5.41, 5.74) is 2.76. The van der Waals surface area contributed by atoms with Crippen LogP contribution in [0.3, 0.4) is 0 Å². The minimum absolute atomic E-state index is 0.0429. The Hall–Kier alpha value is -2.43. The molecule has 1 saturated heterocycles. The fourth-order valence-electron chi connectivity index (χ4n) is 3.76. The number of carbonyl (C=O) groups is 1. The molecule has 0 radical (unpaired) electrons. The molecule has 5 nitrogen and oxygen atoms in total. The van der Waals surface area contributed by atoms with Crippen LogP contribution in [-0.4, -0.2) is 33.7 Å². The lowest BCUT2D eigenvalue weighted by molar-refractivity contribution is -0.134. The number of amides is 1. The van der Waals surface area contributed by atoms with Crippen LogP contribution in [0, 0.1) is 18.8 Å². The number of rotatable bonds is 4. The van der Waals surface area contributed by atoms with Gasteiger partial charge in [0.15, 0.2) is 0 Å². The van der Waals surface area contributed by atoms with Crippen LogP contribution in [0.1, 0.15) is 31.2 Å². The minimum atomic E-state index is -0.0429. The number of hydrogen-bond donors (Lipinski definition) is 0. The van der Waals surface area contributed by atoms with Crippen LogP contribution in [0.4, 0.5) is 0 Å². The van der Waals surface area contributed by atoms with Crippen molar-refractivity contribution in [1.29, 1.82) is 0 Å². The Balaban J connectivity index is 1.47. The van der Waals surface area contributed by atoms with Crippen molar-refractivity contribution >= 4 is 5.91 Å². The van der Waals surface area contributed by atoms with Gasteiger partial charge in [0.25, 0.3) is 5.56 Å². The maximum Gasteiger partial charge on any atom is 0.267 e. The molecule has 0 atom stereocenters. The van der Waals surface area contributed by atoms with Gasteiger partial charge >= 0.3 is 0 Å². The van der Waals surface area contributed by atoms with E-state index in [0.717, 1.165) is 55.6 Å². The van der Waals surface area contributed by atoms with Gasteiger partial charge in [-0.3, -0.25) is 9.59 Å². The molecule has 0 unspecified atom stereocenters. The SMILES string of the molecule is Cc1cc(=O)n(CC2CCN(C(=O)C3CC3)CC2)nc1-c1ccccc1. The molecule has 1 aromatic carbocycles. The standard InChI is InChI=1S/C21H25N3O2/c1-15-13-19(25)24(22-20(15)17-5-3-2-4-6-17)14-16-9-11-23(12-10-16)21(26)18-7-8-18/h2-6,13,16,18H,7-12,14H2,1H3. The molecule has 1 aromatic heterocycles. The fraction of sp³-hybridized carbons (Fsp3) is 0.476. The minimum Gasteiger partial charge on any atom is -0.342 e. The van der Waals surface area contributed by atoms with Crippen LogP contribution < -0.4 is 5.56 Å². The van der Waals surface area contributed by atoms with Crippen molar-refractivity contribution in [2.45, 2.75) is 39.2 Å². The molecule has 26 heavy (non-hydrogen) atoms. The number of benzene rings is 1. The fourth-order valence-corrected chi connectivity index (χ4v) is 3.76. The molecule has 1 aliphatic heterocycles. The molecule has 2 aliphatic rings. The lowest BCUT2D eigenvalue weighted by Gasteiger charge is -2.32. The number of nitrogens with zero attached hydrogens (tertiary/aromatic N) is 3. The third-order valence-electron chi connectivity index (χ3n) is 5.52. The smallest absolute Gasteiger partial charge is 0.267 e. The van der Waals surface area contributed by atoms with E-state index in [1.807, 2.05) is 42.2 Å². The molecule has 0 bridgehead atoms. The number of likely N-dealkylation sites (tertiary alicyclic amines) is 1. The first-order chi connectivity index (χ1) is 12.6. The zero-order valence-corrected chi connectivity index (χ0v) is 15.2. The summed E-state index contributed by atoms with van der Waals surface area (Å²) in [6.07, 6.45) is 4.01. The van der Waals surface area contributed by atoms with Gasteiger partial charge in [-0.25, -0.2) is 4.68 Å². The van der Waals surface area contributed by atoms with E-state index in [1.165, 1.54) is 0 Å². The van der Waals surface area contributed by atoms with Crippen LogP contribution in [0.25, 0.3) is 11.3 Å². The average molecular weight is 351 g/mol. The number of carbonyl (C=O) groups excluding carboxylic acids is 1. The lowest BCUT2D eigenvalue weighted by Crippen LogP contribution is -2.41. The Morgan fingerprint density at radius 1 is 1.12 bits per heavy atom. The second-order valence-electron chi connectivity index (χ2n) is 7.61. The highest BCUT2D eigenvalue weighted by atomic mass is 16.2. The maximum absolute atomic E-state index is 12.4. The molecule has 2 aromatic rings. The van der Waals surface area contributed by atoms with Gasteiger partial charge in [0.2, 0.25) is 5.91 Å². The zero-order chi connectivity index (χ0) is 18.1. The third kappa shape index (κ3) is 3.57. The Morgan fingerprint density at radius 2 is 1.81 bits per heavy atom. The van der Waals surface area contributed by atoms with Crippen LogP contribution in [0.5, 0.6) is 0 Å². The Kier molecular flexibility index (Phi) is 4.62. The van der Waals surface area contributed by atoms with Gasteiger partial charge in [0, 0.05) is 37.2 Å². The predicted molar refractivity (Wildman–Crippen MR) is 101 cm³/mol. The number of aryl methyl sites for hydroxylation is 1. The molecule has 1 aliphatic carbocycles. The number of hydrogen-bond acceptors (Lipinski definition) is 3. The highest BCUT2D eigenvalue weighted by molar-refractivity contribution is 5.81. The number of piperidine rings is 1. The molecular formula is C21H25N3O2. The first kappa shape index (κ1) is 17.0. The van der Waals surface area contributed by atoms with E-state index in [0.29, 0.717) is 24.3 Å². The second kappa shape index (κ2) is 7.06. The van der Waals surface area contributed by atoms with Gasteiger partial charge in [-0.2, -0.15) is 5.10 Å². The molecule has 0 spiro atoms. The van der Waals surface area contributed by atoms with Crippen molar-refractivity contribution in [3.05, 3.63) is 52.3 Å². The molecule has 2 fully saturated rings. The molecule has 1 saturated carbocycles. The maximum atomic E-state index is 12.4. The Labute approximate surface area is 153 Å². The van der Waals surface area contributed by atoms with Crippen LogP contribution in [0.15, 0.2) is 41.2 Å². The summed E-state index contributed by atoms with van der Waals surface area (Å²) in [5, 5.41) is 4.65. The predicted octanol–water partition coefficient (Wildman–Crippen LogP) is 2.87. The zero-order valence-electron chi connectivity index (χ0n) is 15.2. The van der Waals surface area contributed by atoms with E-state index in [1.54, 1.807) is 10.7 Å². The Bertz CT molecular complexity index is 847. The van der Waals surface area contributed by atoms with Crippen molar-refractivity contribution < 1.29 is 4.79 Å². The molecule has 4 rings (SSSR count). The van der Waals surface area contributed by atoms with E-state index in [-0.39, 0.29) is 5.56 Å². The molecule has 136 valence electrons. The summed E-state index contributed by atoms with van der Waals surface area (Å²) in [7, 11) is 0. The summed E-state index contributed by atoms with van der Waals surface area (Å²) < 4.78 is 1.61. The highest BCUT2D eigenvalue weighted by Gasteiger charge is 2.35. The summed E-state index contributed by atoms with van der Waals surface area (Å²) >= 11 is 0. The van der Waals surface area contributed by atoms with Crippen molar-refractivity contribution in [3.63, 3.8) is 0 Å². The molecule has 1 amide bonds. The van der Waals surface area contributed by atoms with Crippen molar-refractivity contribution in [1.82, 2.24) is 14.7 Å². The average Bonchev–Trinajstić information content (AvgIpc) is 3.50. The summed E-state index contributed by atoms with van der Waals surface area (Å²) in [6.45, 7) is 4.19. The normalized spacial score (nSPS) is 18.1. The molecule has 5 heteroatoms. The topological polar surface area (TPSA) is 55.2 Å². The summed E-state index contributed by atoms with van der Waals surface area (Å²) in [4.78, 5) is 26.6. The van der Waals surface area contributed by atoms with Crippen LogP contribution in [0.2, 0.25) is 0 Å². The van der Waals surface area contributed by atoms with Gasteiger partial charge in [-0.05, 0) is 44.1 Å². The largest absolute Gasteiger partial charge is 0.342 e. The molecular weight excluding hydrogens is 326 g/mol. The van der Waals surface area contributed by atoms with Crippen molar-refractivity contribution in [2.24, 2.45) is 11.8 Å². The molecule has 2 heterocycles. The highest BCUT2D eigenvalue weighted by Crippen LogP contribution is 2.32. The number of aromatic nitrogens is 2. The van der Waals surface area contributed by atoms with E-state index >= 15 is 0 Å². The van der Waals surface area contributed by atoms with Crippen LogP contribution in [-0.2, 0) is 11.3 Å². The second-order valence-corrected chi connectivity index (χ2v) is 7.61. The van der Waals surface area contributed by atoms with Crippen molar-refractivity contribution in [3.8, 4) is 11.3 Å². The summed E-state index contributed by atoms with van der Waals surface area (Å²) in [6, 6.07) is 11.7. The van der Waals surface area contributed by atoms with E-state index in [2.05, 4.69) is 5.10 Å². The van der Waals surface area contributed by atoms with E-state index in [9.17, 15) is 9.59 Å². The lowest BCUT2D eigenvalue weighted by atomic mass is 9.96. The Morgan fingerprint density at radius 3 is 2.46 bits per heavy atom. The van der Waals surface area contributed by atoms with Crippen molar-refractivity contribution in [2.75, 3.05) is 13.1 Å². The van der Waals surface area contributed by atoms with Gasteiger partial charge in [-0.15, -0.1) is 0 Å². The first-order valence-corrected chi connectivity index (χ1v) is 9.55. The van der Waals surface area contributed by atoms with Gasteiger partial charge < -0.3 is 4.90 Å². The summed E-state index contributed by atoms with van der Waals surface area (Å²) in [5.74, 6) is 1.02. The van der Waals surface area contributed by atoms with E-state index < -0.39 is 0 Å². The first-order valence-electron chi connectivity index (χ1n) is 9.55. The van der Waals surface area contributed by atoms with Gasteiger partial charge in [-0.1, -0.05) is 30.3 Å².